The molecule has 3 aromatic carbocycles. The van der Waals surface area contributed by atoms with E-state index in [0.717, 1.165) is 11.1 Å². The van der Waals surface area contributed by atoms with Gasteiger partial charge in [-0.3, -0.25) is 4.79 Å². The summed E-state index contributed by atoms with van der Waals surface area (Å²) < 4.78 is 17.5. The minimum Gasteiger partial charge on any atom is -0.493 e. The Morgan fingerprint density at radius 1 is 1.06 bits per heavy atom. The van der Waals surface area contributed by atoms with E-state index < -0.39 is 0 Å². The van der Waals surface area contributed by atoms with E-state index in [-0.39, 0.29) is 19.1 Å². The van der Waals surface area contributed by atoms with Crippen LogP contribution in [0.15, 0.2) is 64.2 Å². The summed E-state index contributed by atoms with van der Waals surface area (Å²) in [4.78, 5) is 12.0. The smallest absolute Gasteiger partial charge is 0.277 e. The van der Waals surface area contributed by atoms with Gasteiger partial charge in [0.2, 0.25) is 0 Å². The van der Waals surface area contributed by atoms with E-state index in [0.29, 0.717) is 37.3 Å². The molecular weight excluding hydrogens is 531 g/mol. The first-order chi connectivity index (χ1) is 15.9. The van der Waals surface area contributed by atoms with Gasteiger partial charge >= 0.3 is 0 Å². The number of aryl methyl sites for hydroxylation is 1. The monoisotopic (exact) mass is 550 g/mol. The molecule has 1 amide bonds. The second-order valence-corrected chi connectivity index (χ2v) is 8.59. The molecule has 0 bridgehead atoms. The van der Waals surface area contributed by atoms with Gasteiger partial charge in [-0.05, 0) is 69.9 Å². The number of carbonyl (C=O) groups is 1. The molecule has 3 aromatic rings. The lowest BCUT2D eigenvalue weighted by atomic mass is 10.2. The highest BCUT2D eigenvalue weighted by molar-refractivity contribution is 9.10. The molecule has 0 saturated carbocycles. The quantitative estimate of drug-likeness (QED) is 0.254. The summed E-state index contributed by atoms with van der Waals surface area (Å²) in [6.45, 7) is 2.04. The fraction of sp³-hybridized carbons (Fsp3) is 0.167. The van der Waals surface area contributed by atoms with Crippen molar-refractivity contribution in [3.63, 3.8) is 0 Å². The standard InChI is InChI=1S/C24H21BrCl2N2O4/c1-15-5-3-4-6-21(15)32-14-23(30)29-28-12-17-9-18(25)24(22(11-17)31-2)33-13-16-7-8-19(26)20(27)10-16/h3-12H,13-14H2,1-2H3,(H,29,30)/b28-12+. The number of benzene rings is 3. The summed E-state index contributed by atoms with van der Waals surface area (Å²) in [7, 11) is 1.54. The lowest BCUT2D eigenvalue weighted by molar-refractivity contribution is -0.123. The van der Waals surface area contributed by atoms with Gasteiger partial charge in [0.25, 0.3) is 5.91 Å². The number of nitrogens with zero attached hydrogens (tertiary/aromatic N) is 1. The minimum atomic E-state index is -0.373. The number of amides is 1. The van der Waals surface area contributed by atoms with E-state index >= 15 is 0 Å². The van der Waals surface area contributed by atoms with Crippen molar-refractivity contribution in [2.24, 2.45) is 5.10 Å². The second kappa shape index (κ2) is 11.9. The Labute approximate surface area is 210 Å². The first kappa shape index (κ1) is 24.9. The van der Waals surface area contributed by atoms with Gasteiger partial charge in [-0.15, -0.1) is 0 Å². The summed E-state index contributed by atoms with van der Waals surface area (Å²) in [6.07, 6.45) is 1.50. The topological polar surface area (TPSA) is 69.2 Å². The number of ether oxygens (including phenoxy) is 3. The largest absolute Gasteiger partial charge is 0.493 e. The van der Waals surface area contributed by atoms with Gasteiger partial charge in [0.1, 0.15) is 12.4 Å². The van der Waals surface area contributed by atoms with Gasteiger partial charge in [-0.1, -0.05) is 47.5 Å². The van der Waals surface area contributed by atoms with Crippen molar-refractivity contribution in [1.82, 2.24) is 5.43 Å². The van der Waals surface area contributed by atoms with Crippen molar-refractivity contribution in [2.75, 3.05) is 13.7 Å². The summed E-state index contributed by atoms with van der Waals surface area (Å²) >= 11 is 15.5. The fourth-order valence-electron chi connectivity index (χ4n) is 2.81. The maximum atomic E-state index is 12.0. The number of para-hydroxylation sites is 1. The van der Waals surface area contributed by atoms with Crippen LogP contribution in [-0.4, -0.2) is 25.8 Å². The first-order valence-electron chi connectivity index (χ1n) is 9.82. The van der Waals surface area contributed by atoms with Crippen LogP contribution in [0.25, 0.3) is 0 Å². The molecule has 0 saturated heterocycles. The summed E-state index contributed by atoms with van der Waals surface area (Å²) in [5.41, 5.74) is 4.95. The van der Waals surface area contributed by atoms with Crippen LogP contribution in [0.3, 0.4) is 0 Å². The molecular formula is C24H21BrCl2N2O4. The Morgan fingerprint density at radius 3 is 2.58 bits per heavy atom. The molecule has 0 aliphatic rings. The Kier molecular flexibility index (Phi) is 9.00. The zero-order valence-electron chi connectivity index (χ0n) is 17.9. The molecule has 0 heterocycles. The Hall–Kier alpha value is -2.74. The van der Waals surface area contributed by atoms with E-state index in [4.69, 9.17) is 37.4 Å². The molecule has 172 valence electrons. The van der Waals surface area contributed by atoms with E-state index in [1.807, 2.05) is 31.2 Å². The molecule has 0 aliphatic heterocycles. The third kappa shape index (κ3) is 7.12. The maximum Gasteiger partial charge on any atom is 0.277 e. The highest BCUT2D eigenvalue weighted by Crippen LogP contribution is 2.37. The number of hydrogen-bond donors (Lipinski definition) is 1. The number of hydrazone groups is 1. The molecule has 9 heteroatoms. The van der Waals surface area contributed by atoms with E-state index in [1.165, 1.54) is 6.21 Å². The molecule has 0 spiro atoms. The van der Waals surface area contributed by atoms with Crippen LogP contribution in [0, 0.1) is 6.92 Å². The zero-order valence-corrected chi connectivity index (χ0v) is 21.0. The molecule has 0 fully saturated rings. The van der Waals surface area contributed by atoms with Gasteiger partial charge in [0.05, 0.1) is 27.8 Å². The number of halogens is 3. The van der Waals surface area contributed by atoms with E-state index in [9.17, 15) is 4.79 Å². The van der Waals surface area contributed by atoms with Crippen LogP contribution in [0.4, 0.5) is 0 Å². The van der Waals surface area contributed by atoms with Gasteiger partial charge in [-0.2, -0.15) is 5.10 Å². The van der Waals surface area contributed by atoms with Crippen LogP contribution in [0.2, 0.25) is 10.0 Å². The molecule has 33 heavy (non-hydrogen) atoms. The molecule has 3 rings (SSSR count). The highest BCUT2D eigenvalue weighted by atomic mass is 79.9. The van der Waals surface area contributed by atoms with Crippen molar-refractivity contribution >= 4 is 51.3 Å². The van der Waals surface area contributed by atoms with Crippen molar-refractivity contribution in [3.8, 4) is 17.2 Å². The van der Waals surface area contributed by atoms with Gasteiger partial charge in [0.15, 0.2) is 18.1 Å². The Morgan fingerprint density at radius 2 is 1.85 bits per heavy atom. The van der Waals surface area contributed by atoms with E-state index in [2.05, 4.69) is 26.5 Å². The van der Waals surface area contributed by atoms with Gasteiger partial charge < -0.3 is 14.2 Å². The molecule has 0 atom stereocenters. The van der Waals surface area contributed by atoms with Gasteiger partial charge in [-0.25, -0.2) is 5.43 Å². The lowest BCUT2D eigenvalue weighted by Gasteiger charge is -2.14. The highest BCUT2D eigenvalue weighted by Gasteiger charge is 2.12. The van der Waals surface area contributed by atoms with Crippen molar-refractivity contribution < 1.29 is 19.0 Å². The minimum absolute atomic E-state index is 0.142. The average Bonchev–Trinajstić information content (AvgIpc) is 2.79. The summed E-state index contributed by atoms with van der Waals surface area (Å²) in [5, 5.41) is 4.93. The molecule has 1 N–H and O–H groups in total. The second-order valence-electron chi connectivity index (χ2n) is 6.92. The Balaban J connectivity index is 1.60. The molecule has 6 nitrogen and oxygen atoms in total. The van der Waals surface area contributed by atoms with Crippen molar-refractivity contribution in [1.29, 1.82) is 0 Å². The lowest BCUT2D eigenvalue weighted by Crippen LogP contribution is -2.24. The van der Waals surface area contributed by atoms with Crippen molar-refractivity contribution in [3.05, 3.63) is 85.8 Å². The SMILES string of the molecule is COc1cc(/C=N/NC(=O)COc2ccccc2C)cc(Br)c1OCc1ccc(Cl)c(Cl)c1. The molecule has 0 unspecified atom stereocenters. The molecule has 0 radical (unpaired) electrons. The molecule has 0 aliphatic carbocycles. The third-order valence-electron chi connectivity index (χ3n) is 4.47. The Bertz CT molecular complexity index is 1170. The van der Waals surface area contributed by atoms with Crippen LogP contribution in [0.5, 0.6) is 17.2 Å². The van der Waals surface area contributed by atoms with Crippen LogP contribution in [0.1, 0.15) is 16.7 Å². The predicted molar refractivity (Wildman–Crippen MR) is 134 cm³/mol. The normalized spacial score (nSPS) is 10.8. The van der Waals surface area contributed by atoms with Crippen molar-refractivity contribution in [2.45, 2.75) is 13.5 Å². The number of rotatable bonds is 9. The van der Waals surface area contributed by atoms with E-state index in [1.54, 1.807) is 37.4 Å². The number of methoxy groups -OCH3 is 1. The van der Waals surface area contributed by atoms with Gasteiger partial charge in [0, 0.05) is 0 Å². The van der Waals surface area contributed by atoms with Crippen LogP contribution in [-0.2, 0) is 11.4 Å². The summed E-state index contributed by atoms with van der Waals surface area (Å²) in [6, 6.07) is 16.3. The first-order valence-corrected chi connectivity index (χ1v) is 11.4. The summed E-state index contributed by atoms with van der Waals surface area (Å²) in [5.74, 6) is 1.31. The third-order valence-corrected chi connectivity index (χ3v) is 5.80. The zero-order chi connectivity index (χ0) is 23.8. The van der Waals surface area contributed by atoms with Crippen LogP contribution < -0.4 is 19.6 Å². The fourth-order valence-corrected chi connectivity index (χ4v) is 3.71. The number of nitrogens with one attached hydrogen (secondary N) is 1. The maximum absolute atomic E-state index is 12.0. The predicted octanol–water partition coefficient (Wildman–Crippen LogP) is 6.18. The molecule has 0 aromatic heterocycles. The number of hydrogen-bond acceptors (Lipinski definition) is 5. The van der Waals surface area contributed by atoms with Crippen LogP contribution >= 0.6 is 39.1 Å². The number of carbonyl (C=O) groups excluding carboxylic acids is 1. The average molecular weight is 552 g/mol.